The third-order valence-electron chi connectivity index (χ3n) is 2.31. The Balaban J connectivity index is 2.45. The Labute approximate surface area is 109 Å². The number of carbonyl (C=O) groups excluding carboxylic acids is 1. The number of hydrogen-bond donors (Lipinski definition) is 2. The van der Waals surface area contributed by atoms with Crippen molar-refractivity contribution in [1.29, 1.82) is 0 Å². The number of halogens is 1. The van der Waals surface area contributed by atoms with E-state index in [4.69, 9.17) is 17.3 Å². The van der Waals surface area contributed by atoms with Crippen molar-refractivity contribution >= 4 is 23.2 Å². The number of carbonyl (C=O) groups is 1. The van der Waals surface area contributed by atoms with Gasteiger partial charge in [-0.2, -0.15) is 0 Å². The second-order valence-electron chi connectivity index (χ2n) is 3.79. The van der Waals surface area contributed by atoms with Gasteiger partial charge in [0.1, 0.15) is 5.02 Å². The summed E-state index contributed by atoms with van der Waals surface area (Å²) in [6, 6.07) is 4.65. The number of nitrogens with two attached hydrogens (primary N) is 1. The van der Waals surface area contributed by atoms with Gasteiger partial charge in [-0.3, -0.25) is 14.9 Å². The highest BCUT2D eigenvalue weighted by atomic mass is 35.5. The van der Waals surface area contributed by atoms with E-state index in [0.717, 1.165) is 5.56 Å². The van der Waals surface area contributed by atoms with Crippen LogP contribution in [0, 0.1) is 10.1 Å². The first-order valence-corrected chi connectivity index (χ1v) is 5.80. The molecular formula is C11H14ClN3O3. The van der Waals surface area contributed by atoms with E-state index in [1.165, 1.54) is 12.1 Å². The van der Waals surface area contributed by atoms with E-state index in [1.54, 1.807) is 6.07 Å². The molecule has 0 aliphatic carbocycles. The molecule has 1 aromatic carbocycles. The van der Waals surface area contributed by atoms with E-state index in [1.807, 2.05) is 0 Å². The highest BCUT2D eigenvalue weighted by Gasteiger charge is 2.12. The minimum Gasteiger partial charge on any atom is -0.370 e. The van der Waals surface area contributed by atoms with Crippen LogP contribution >= 0.6 is 11.6 Å². The number of nitrogens with one attached hydrogen (secondary N) is 1. The lowest BCUT2D eigenvalue weighted by Crippen LogP contribution is -2.18. The summed E-state index contributed by atoms with van der Waals surface area (Å²) in [5.41, 5.74) is 5.66. The molecule has 0 aromatic heterocycles. The largest absolute Gasteiger partial charge is 0.370 e. The standard InChI is InChI=1S/C11H14ClN3O3/c12-9-4-3-8(6-10(9)15(17)18)7-14-5-1-2-11(13)16/h3-4,6,14H,1-2,5,7H2,(H2,13,16). The third-order valence-corrected chi connectivity index (χ3v) is 2.63. The summed E-state index contributed by atoms with van der Waals surface area (Å²) in [4.78, 5) is 20.7. The van der Waals surface area contributed by atoms with Gasteiger partial charge >= 0.3 is 0 Å². The van der Waals surface area contributed by atoms with Crippen molar-refractivity contribution in [2.24, 2.45) is 5.73 Å². The van der Waals surface area contributed by atoms with Crippen LogP contribution in [0.2, 0.25) is 5.02 Å². The number of rotatable bonds is 7. The summed E-state index contributed by atoms with van der Waals surface area (Å²) in [7, 11) is 0. The molecule has 0 unspecified atom stereocenters. The van der Waals surface area contributed by atoms with Crippen LogP contribution in [-0.2, 0) is 11.3 Å². The first-order valence-electron chi connectivity index (χ1n) is 5.42. The van der Waals surface area contributed by atoms with E-state index < -0.39 is 4.92 Å². The maximum absolute atomic E-state index is 10.7. The molecule has 0 radical (unpaired) electrons. The number of benzene rings is 1. The molecule has 0 aliphatic heterocycles. The molecule has 0 saturated heterocycles. The second-order valence-corrected chi connectivity index (χ2v) is 4.20. The van der Waals surface area contributed by atoms with Crippen LogP contribution in [0.1, 0.15) is 18.4 Å². The molecule has 1 amide bonds. The predicted molar refractivity (Wildman–Crippen MR) is 68.2 cm³/mol. The smallest absolute Gasteiger partial charge is 0.288 e. The molecule has 0 heterocycles. The van der Waals surface area contributed by atoms with Crippen molar-refractivity contribution in [2.45, 2.75) is 19.4 Å². The molecule has 18 heavy (non-hydrogen) atoms. The molecule has 0 fully saturated rings. The molecule has 0 bridgehead atoms. The van der Waals surface area contributed by atoms with E-state index in [2.05, 4.69) is 5.32 Å². The zero-order valence-corrected chi connectivity index (χ0v) is 10.4. The van der Waals surface area contributed by atoms with Crippen LogP contribution < -0.4 is 11.1 Å². The summed E-state index contributed by atoms with van der Waals surface area (Å²) >= 11 is 5.70. The summed E-state index contributed by atoms with van der Waals surface area (Å²) < 4.78 is 0. The van der Waals surface area contributed by atoms with Gasteiger partial charge in [0, 0.05) is 19.0 Å². The second kappa shape index (κ2) is 6.93. The minimum absolute atomic E-state index is 0.104. The number of hydrogen-bond acceptors (Lipinski definition) is 4. The zero-order valence-electron chi connectivity index (χ0n) is 9.69. The van der Waals surface area contributed by atoms with Gasteiger partial charge in [-0.25, -0.2) is 0 Å². The zero-order chi connectivity index (χ0) is 13.5. The lowest BCUT2D eigenvalue weighted by molar-refractivity contribution is -0.384. The Kier molecular flexibility index (Phi) is 5.54. The van der Waals surface area contributed by atoms with Gasteiger partial charge < -0.3 is 11.1 Å². The molecule has 3 N–H and O–H groups in total. The molecule has 0 saturated carbocycles. The molecule has 7 heteroatoms. The van der Waals surface area contributed by atoms with Crippen molar-refractivity contribution in [3.8, 4) is 0 Å². The quantitative estimate of drug-likeness (QED) is 0.447. The van der Waals surface area contributed by atoms with Gasteiger partial charge in [-0.15, -0.1) is 0 Å². The van der Waals surface area contributed by atoms with Crippen LogP contribution in [0.3, 0.4) is 0 Å². The lowest BCUT2D eigenvalue weighted by Gasteiger charge is -2.04. The minimum atomic E-state index is -0.515. The molecule has 0 aliphatic rings. The van der Waals surface area contributed by atoms with Crippen molar-refractivity contribution in [3.05, 3.63) is 38.9 Å². The highest BCUT2D eigenvalue weighted by molar-refractivity contribution is 6.32. The summed E-state index contributed by atoms with van der Waals surface area (Å²) in [5, 5.41) is 13.9. The molecule has 1 aromatic rings. The maximum Gasteiger partial charge on any atom is 0.288 e. The third kappa shape index (κ3) is 4.68. The van der Waals surface area contributed by atoms with Gasteiger partial charge in [-0.1, -0.05) is 17.7 Å². The molecule has 0 atom stereocenters. The molecule has 98 valence electrons. The number of amides is 1. The van der Waals surface area contributed by atoms with Crippen LogP contribution in [0.25, 0.3) is 0 Å². The van der Waals surface area contributed by atoms with Gasteiger partial charge in [0.2, 0.25) is 5.91 Å². The van der Waals surface area contributed by atoms with Crippen molar-refractivity contribution in [1.82, 2.24) is 5.32 Å². The van der Waals surface area contributed by atoms with Crippen LogP contribution in [0.4, 0.5) is 5.69 Å². The Morgan fingerprint density at radius 2 is 2.22 bits per heavy atom. The van der Waals surface area contributed by atoms with Gasteiger partial charge in [0.15, 0.2) is 0 Å². The average Bonchev–Trinajstić information content (AvgIpc) is 2.30. The maximum atomic E-state index is 10.7. The molecular weight excluding hydrogens is 258 g/mol. The molecule has 1 rings (SSSR count). The fourth-order valence-corrected chi connectivity index (χ4v) is 1.62. The Bertz CT molecular complexity index is 451. The number of primary amides is 1. The van der Waals surface area contributed by atoms with Gasteiger partial charge in [0.05, 0.1) is 4.92 Å². The van der Waals surface area contributed by atoms with Crippen molar-refractivity contribution in [2.75, 3.05) is 6.54 Å². The van der Waals surface area contributed by atoms with Crippen LogP contribution in [-0.4, -0.2) is 17.4 Å². The van der Waals surface area contributed by atoms with Crippen molar-refractivity contribution < 1.29 is 9.72 Å². The van der Waals surface area contributed by atoms with E-state index in [0.29, 0.717) is 25.9 Å². The van der Waals surface area contributed by atoms with E-state index in [-0.39, 0.29) is 16.6 Å². The molecule has 6 nitrogen and oxygen atoms in total. The number of nitro groups is 1. The Hall–Kier alpha value is -1.66. The number of nitro benzene ring substituents is 1. The van der Waals surface area contributed by atoms with Crippen molar-refractivity contribution in [3.63, 3.8) is 0 Å². The first kappa shape index (κ1) is 14.4. The Morgan fingerprint density at radius 3 is 2.83 bits per heavy atom. The topological polar surface area (TPSA) is 98.3 Å². The average molecular weight is 272 g/mol. The SMILES string of the molecule is NC(=O)CCCNCc1ccc(Cl)c([N+](=O)[O-])c1. The molecule has 0 spiro atoms. The fraction of sp³-hybridized carbons (Fsp3) is 0.364. The van der Waals surface area contributed by atoms with Gasteiger partial charge in [-0.05, 0) is 24.6 Å². The van der Waals surface area contributed by atoms with E-state index >= 15 is 0 Å². The van der Waals surface area contributed by atoms with E-state index in [9.17, 15) is 14.9 Å². The first-order chi connectivity index (χ1) is 8.50. The lowest BCUT2D eigenvalue weighted by atomic mass is 10.2. The normalized spacial score (nSPS) is 10.3. The summed E-state index contributed by atoms with van der Waals surface area (Å²) in [5.74, 6) is -0.334. The highest BCUT2D eigenvalue weighted by Crippen LogP contribution is 2.24. The predicted octanol–water partition coefficient (Wildman–Crippen LogP) is 1.60. The van der Waals surface area contributed by atoms with Crippen LogP contribution in [0.15, 0.2) is 18.2 Å². The Morgan fingerprint density at radius 1 is 1.50 bits per heavy atom. The fourth-order valence-electron chi connectivity index (χ4n) is 1.43. The summed E-state index contributed by atoms with van der Waals surface area (Å²) in [6.07, 6.45) is 0.971. The summed E-state index contributed by atoms with van der Waals surface area (Å²) in [6.45, 7) is 1.11. The number of nitrogens with zero attached hydrogens (tertiary/aromatic N) is 1. The van der Waals surface area contributed by atoms with Crippen LogP contribution in [0.5, 0.6) is 0 Å². The van der Waals surface area contributed by atoms with Gasteiger partial charge in [0.25, 0.3) is 5.69 Å². The monoisotopic (exact) mass is 271 g/mol.